The van der Waals surface area contributed by atoms with E-state index < -0.39 is 0 Å². The van der Waals surface area contributed by atoms with E-state index in [0.29, 0.717) is 11.4 Å². The van der Waals surface area contributed by atoms with Crippen molar-refractivity contribution in [3.63, 3.8) is 0 Å². The van der Waals surface area contributed by atoms with Crippen LogP contribution >= 0.6 is 0 Å². The Morgan fingerprint density at radius 2 is 2.35 bits per heavy atom. The Morgan fingerprint density at radius 1 is 1.53 bits per heavy atom. The first-order valence-electron chi connectivity index (χ1n) is 6.11. The van der Waals surface area contributed by atoms with Gasteiger partial charge in [0.2, 0.25) is 0 Å². The van der Waals surface area contributed by atoms with Gasteiger partial charge in [-0.15, -0.1) is 0 Å². The summed E-state index contributed by atoms with van der Waals surface area (Å²) in [6.07, 6.45) is 3.94. The summed E-state index contributed by atoms with van der Waals surface area (Å²) in [6, 6.07) is 5.55. The van der Waals surface area contributed by atoms with Crippen molar-refractivity contribution >= 4 is 11.5 Å². The maximum Gasteiger partial charge on any atom is 0.165 e. The van der Waals surface area contributed by atoms with E-state index in [0.717, 1.165) is 24.2 Å². The molecule has 2 rings (SSSR count). The summed E-state index contributed by atoms with van der Waals surface area (Å²) in [4.78, 5) is 4.18. The molecule has 1 aromatic rings. The van der Waals surface area contributed by atoms with Crippen molar-refractivity contribution in [1.29, 1.82) is 5.26 Å². The van der Waals surface area contributed by atoms with Gasteiger partial charge in [0.25, 0.3) is 0 Å². The van der Waals surface area contributed by atoms with E-state index in [9.17, 15) is 0 Å². The molecule has 0 saturated heterocycles. The van der Waals surface area contributed by atoms with Crippen LogP contribution in [0.15, 0.2) is 12.1 Å². The number of hydrogen-bond donors (Lipinski definition) is 2. The molecule has 0 radical (unpaired) electrons. The summed E-state index contributed by atoms with van der Waals surface area (Å²) < 4.78 is 0. The number of nitriles is 1. The highest BCUT2D eigenvalue weighted by Crippen LogP contribution is 2.31. The zero-order valence-electron chi connectivity index (χ0n) is 10.1. The molecule has 1 aliphatic rings. The first kappa shape index (κ1) is 11.7. The van der Waals surface area contributed by atoms with Gasteiger partial charge in [-0.2, -0.15) is 5.26 Å². The number of nitrogens with two attached hydrogens (primary N) is 1. The average Bonchev–Trinajstić information content (AvgIpc) is 2.74. The molecule has 1 aromatic heterocycles. The number of pyridine rings is 1. The van der Waals surface area contributed by atoms with E-state index in [1.54, 1.807) is 6.07 Å². The van der Waals surface area contributed by atoms with Gasteiger partial charge < -0.3 is 11.1 Å². The summed E-state index contributed by atoms with van der Waals surface area (Å²) in [6.45, 7) is 3.24. The fraction of sp³-hybridized carbons (Fsp3) is 0.538. The molecule has 0 bridgehead atoms. The molecule has 2 unspecified atom stereocenters. The highest BCUT2D eigenvalue weighted by molar-refractivity contribution is 5.54. The number of nitrogen functional groups attached to an aromatic ring is 1. The molecule has 0 spiro atoms. The maximum atomic E-state index is 8.84. The summed E-state index contributed by atoms with van der Waals surface area (Å²) in [5.74, 6) is 2.25. The molecule has 1 saturated carbocycles. The molecule has 1 heterocycles. The largest absolute Gasteiger partial charge is 0.396 e. The maximum absolute atomic E-state index is 8.84. The third-order valence-corrected chi connectivity index (χ3v) is 3.62. The first-order valence-corrected chi connectivity index (χ1v) is 6.11. The van der Waals surface area contributed by atoms with Crippen LogP contribution < -0.4 is 11.1 Å². The van der Waals surface area contributed by atoms with Crippen LogP contribution in [-0.4, -0.2) is 11.5 Å². The van der Waals surface area contributed by atoms with Gasteiger partial charge in [0, 0.05) is 6.54 Å². The molecule has 17 heavy (non-hydrogen) atoms. The molecule has 90 valence electrons. The smallest absolute Gasteiger partial charge is 0.165 e. The second-order valence-electron chi connectivity index (χ2n) is 4.80. The minimum absolute atomic E-state index is 0.300. The Labute approximate surface area is 102 Å². The highest BCUT2D eigenvalue weighted by Gasteiger charge is 2.22. The van der Waals surface area contributed by atoms with Crippen molar-refractivity contribution in [3.8, 4) is 6.07 Å². The Bertz CT molecular complexity index is 436. The predicted molar refractivity (Wildman–Crippen MR) is 68.4 cm³/mol. The number of aromatic nitrogens is 1. The lowest BCUT2D eigenvalue weighted by Crippen LogP contribution is -2.17. The van der Waals surface area contributed by atoms with Gasteiger partial charge in [-0.1, -0.05) is 19.8 Å². The SMILES string of the molecule is CC1CCCC1CNc1ccc(N)c(C#N)n1. The monoisotopic (exact) mass is 230 g/mol. The fourth-order valence-corrected chi connectivity index (χ4v) is 2.42. The Kier molecular flexibility index (Phi) is 3.48. The van der Waals surface area contributed by atoms with Crippen LogP contribution in [-0.2, 0) is 0 Å². The van der Waals surface area contributed by atoms with Crippen LogP contribution in [0.2, 0.25) is 0 Å². The first-order chi connectivity index (χ1) is 8.20. The summed E-state index contributed by atoms with van der Waals surface area (Å²) >= 11 is 0. The molecule has 1 aliphatic carbocycles. The average molecular weight is 230 g/mol. The van der Waals surface area contributed by atoms with E-state index in [2.05, 4.69) is 17.2 Å². The van der Waals surface area contributed by atoms with Crippen LogP contribution in [0.3, 0.4) is 0 Å². The van der Waals surface area contributed by atoms with Crippen molar-refractivity contribution in [3.05, 3.63) is 17.8 Å². The zero-order valence-corrected chi connectivity index (χ0v) is 10.1. The van der Waals surface area contributed by atoms with Crippen LogP contribution in [0.25, 0.3) is 0 Å². The summed E-state index contributed by atoms with van der Waals surface area (Å²) in [5.41, 5.74) is 6.37. The van der Waals surface area contributed by atoms with Crippen molar-refractivity contribution in [2.24, 2.45) is 11.8 Å². The molecular formula is C13H18N4. The third-order valence-electron chi connectivity index (χ3n) is 3.62. The zero-order chi connectivity index (χ0) is 12.3. The van der Waals surface area contributed by atoms with E-state index in [-0.39, 0.29) is 0 Å². The molecule has 4 nitrogen and oxygen atoms in total. The molecule has 3 N–H and O–H groups in total. The van der Waals surface area contributed by atoms with Crippen molar-refractivity contribution in [2.75, 3.05) is 17.6 Å². The quantitative estimate of drug-likeness (QED) is 0.836. The predicted octanol–water partition coefficient (Wildman–Crippen LogP) is 2.38. The lowest BCUT2D eigenvalue weighted by atomic mass is 9.98. The number of anilines is 2. The lowest BCUT2D eigenvalue weighted by Gasteiger charge is -2.16. The van der Waals surface area contributed by atoms with Crippen LogP contribution in [0.1, 0.15) is 31.9 Å². The molecule has 0 aromatic carbocycles. The number of rotatable bonds is 3. The molecule has 0 amide bonds. The second kappa shape index (κ2) is 5.05. The minimum Gasteiger partial charge on any atom is -0.396 e. The Balaban J connectivity index is 1.97. The summed E-state index contributed by atoms with van der Waals surface area (Å²) in [5, 5.41) is 12.1. The van der Waals surface area contributed by atoms with Crippen LogP contribution in [0.5, 0.6) is 0 Å². The van der Waals surface area contributed by atoms with Gasteiger partial charge in [0.05, 0.1) is 5.69 Å². The third kappa shape index (κ3) is 2.68. The Morgan fingerprint density at radius 3 is 3.00 bits per heavy atom. The van der Waals surface area contributed by atoms with Crippen molar-refractivity contribution in [1.82, 2.24) is 4.98 Å². The number of nitrogens with one attached hydrogen (secondary N) is 1. The number of nitrogens with zero attached hydrogens (tertiary/aromatic N) is 2. The van der Waals surface area contributed by atoms with Gasteiger partial charge >= 0.3 is 0 Å². The molecule has 2 atom stereocenters. The van der Waals surface area contributed by atoms with Gasteiger partial charge in [-0.05, 0) is 30.4 Å². The van der Waals surface area contributed by atoms with Gasteiger partial charge in [0.15, 0.2) is 5.69 Å². The second-order valence-corrected chi connectivity index (χ2v) is 4.80. The van der Waals surface area contributed by atoms with Crippen molar-refractivity contribution < 1.29 is 0 Å². The van der Waals surface area contributed by atoms with E-state index >= 15 is 0 Å². The van der Waals surface area contributed by atoms with Gasteiger partial charge in [-0.3, -0.25) is 0 Å². The van der Waals surface area contributed by atoms with Crippen molar-refractivity contribution in [2.45, 2.75) is 26.2 Å². The van der Waals surface area contributed by atoms with E-state index in [1.807, 2.05) is 12.1 Å². The van der Waals surface area contributed by atoms with E-state index in [1.165, 1.54) is 19.3 Å². The standard InChI is InChI=1S/C13H18N4/c1-9-3-2-4-10(9)8-16-13-6-5-11(15)12(7-14)17-13/h5-6,9-10H,2-4,8,15H2,1H3,(H,16,17). The van der Waals surface area contributed by atoms with Crippen LogP contribution in [0.4, 0.5) is 11.5 Å². The Hall–Kier alpha value is -1.76. The highest BCUT2D eigenvalue weighted by atomic mass is 15.0. The summed E-state index contributed by atoms with van der Waals surface area (Å²) in [7, 11) is 0. The molecular weight excluding hydrogens is 212 g/mol. The fourth-order valence-electron chi connectivity index (χ4n) is 2.42. The molecule has 0 aliphatic heterocycles. The molecule has 1 fully saturated rings. The topological polar surface area (TPSA) is 74.7 Å². The van der Waals surface area contributed by atoms with Gasteiger partial charge in [0.1, 0.15) is 11.9 Å². The lowest BCUT2D eigenvalue weighted by molar-refractivity contribution is 0.439. The molecule has 4 heteroatoms. The van der Waals surface area contributed by atoms with Crippen LogP contribution in [0, 0.1) is 23.2 Å². The normalized spacial score (nSPS) is 23.3. The minimum atomic E-state index is 0.300. The van der Waals surface area contributed by atoms with Gasteiger partial charge in [-0.25, -0.2) is 4.98 Å². The number of hydrogen-bond acceptors (Lipinski definition) is 4. The van der Waals surface area contributed by atoms with E-state index in [4.69, 9.17) is 11.0 Å².